The van der Waals surface area contributed by atoms with Gasteiger partial charge in [-0.2, -0.15) is 0 Å². The van der Waals surface area contributed by atoms with Crippen LogP contribution >= 0.6 is 11.6 Å². The minimum atomic E-state index is -0.0498. The fraction of sp³-hybridized carbons (Fsp3) is 0.111. The summed E-state index contributed by atoms with van der Waals surface area (Å²) in [6.45, 7) is 4.67. The topological polar surface area (TPSA) is 4.93 Å². The molecule has 0 saturated carbocycles. The Morgan fingerprint density at radius 3 is 2.31 bits per heavy atom. The second-order valence-electron chi connectivity index (χ2n) is 8.72. The largest absolute Gasteiger partial charge is 0.308 e. The van der Waals surface area contributed by atoms with Gasteiger partial charge in [0, 0.05) is 37.9 Å². The summed E-state index contributed by atoms with van der Waals surface area (Å²) in [6.07, 6.45) is 0. The summed E-state index contributed by atoms with van der Waals surface area (Å²) in [5.74, 6) is 0. The third-order valence-corrected chi connectivity index (χ3v) is 7.32. The average Bonchev–Trinajstić information content (AvgIpc) is 3.12. The Morgan fingerprint density at radius 2 is 1.41 bits per heavy atom. The van der Waals surface area contributed by atoms with Crippen molar-refractivity contribution in [3.8, 4) is 27.9 Å². The van der Waals surface area contributed by atoms with Gasteiger partial charge in [0.25, 0.3) is 0 Å². The van der Waals surface area contributed by atoms with Crippen molar-refractivity contribution in [3.05, 3.63) is 88.9 Å². The van der Waals surface area contributed by atoms with E-state index in [1.165, 1.54) is 60.9 Å². The molecule has 2 heteroatoms. The molecular weight excluding hydrogens is 374 g/mol. The minimum Gasteiger partial charge on any atom is -0.308 e. The molecule has 1 aliphatic carbocycles. The molecule has 0 radical (unpaired) electrons. The molecule has 138 valence electrons. The van der Waals surface area contributed by atoms with E-state index in [9.17, 15) is 0 Å². The summed E-state index contributed by atoms with van der Waals surface area (Å²) in [4.78, 5) is 0. The van der Waals surface area contributed by atoms with E-state index >= 15 is 0 Å². The van der Waals surface area contributed by atoms with E-state index in [1.807, 2.05) is 0 Å². The van der Waals surface area contributed by atoms with Crippen molar-refractivity contribution < 1.29 is 0 Å². The molecule has 0 unspecified atom stereocenters. The van der Waals surface area contributed by atoms with Crippen LogP contribution in [-0.2, 0) is 5.41 Å². The Morgan fingerprint density at radius 1 is 0.690 bits per heavy atom. The van der Waals surface area contributed by atoms with Crippen LogP contribution in [0.15, 0.2) is 72.8 Å². The number of hydrogen-bond donors (Lipinski definition) is 0. The van der Waals surface area contributed by atoms with E-state index in [4.69, 9.17) is 11.6 Å². The van der Waals surface area contributed by atoms with Gasteiger partial charge in [-0.3, -0.25) is 0 Å². The Hall–Kier alpha value is -3.03. The Labute approximate surface area is 174 Å². The second kappa shape index (κ2) is 4.93. The maximum Gasteiger partial charge on any atom is 0.0623 e. The molecule has 0 spiro atoms. The highest BCUT2D eigenvalue weighted by Crippen LogP contribution is 2.59. The SMILES string of the molecule is CC1(C)c2ccc(Cl)c3c2-c2c1ccc1c4ccccc4n(c21)-c1ccccc1-3. The van der Waals surface area contributed by atoms with Gasteiger partial charge in [0.2, 0.25) is 0 Å². The molecule has 0 N–H and O–H groups in total. The van der Waals surface area contributed by atoms with Crippen LogP contribution in [0.1, 0.15) is 25.0 Å². The number of benzene rings is 4. The van der Waals surface area contributed by atoms with Crippen LogP contribution in [0.4, 0.5) is 0 Å². The first-order valence-electron chi connectivity index (χ1n) is 10.1. The van der Waals surface area contributed by atoms with Crippen molar-refractivity contribution in [2.75, 3.05) is 0 Å². The van der Waals surface area contributed by atoms with Crippen molar-refractivity contribution in [3.63, 3.8) is 0 Å². The van der Waals surface area contributed by atoms with Crippen molar-refractivity contribution in [1.29, 1.82) is 0 Å². The number of fused-ring (bicyclic) bond motifs is 6. The molecule has 0 amide bonds. The van der Waals surface area contributed by atoms with Gasteiger partial charge in [0.15, 0.2) is 0 Å². The highest BCUT2D eigenvalue weighted by Gasteiger charge is 2.41. The maximum absolute atomic E-state index is 6.88. The monoisotopic (exact) mass is 391 g/mol. The lowest BCUT2D eigenvalue weighted by molar-refractivity contribution is 0.661. The van der Waals surface area contributed by atoms with E-state index in [0.29, 0.717) is 0 Å². The maximum atomic E-state index is 6.88. The van der Waals surface area contributed by atoms with Gasteiger partial charge >= 0.3 is 0 Å². The van der Waals surface area contributed by atoms with Gasteiger partial charge in [-0.25, -0.2) is 0 Å². The first-order valence-corrected chi connectivity index (χ1v) is 10.5. The van der Waals surface area contributed by atoms with Crippen molar-refractivity contribution >= 4 is 33.4 Å². The number of aromatic nitrogens is 1. The summed E-state index contributed by atoms with van der Waals surface area (Å²) >= 11 is 6.88. The number of halogens is 1. The number of para-hydroxylation sites is 2. The Kier molecular flexibility index (Phi) is 2.69. The van der Waals surface area contributed by atoms with E-state index in [1.54, 1.807) is 0 Å². The molecule has 0 atom stereocenters. The predicted molar refractivity (Wildman–Crippen MR) is 122 cm³/mol. The van der Waals surface area contributed by atoms with E-state index < -0.39 is 0 Å². The smallest absolute Gasteiger partial charge is 0.0623 e. The molecule has 29 heavy (non-hydrogen) atoms. The molecule has 1 aromatic heterocycles. The molecule has 0 fully saturated rings. The molecule has 7 rings (SSSR count). The molecule has 1 aliphatic heterocycles. The summed E-state index contributed by atoms with van der Waals surface area (Å²) in [5.41, 5.74) is 11.5. The number of hydrogen-bond acceptors (Lipinski definition) is 0. The molecule has 1 nitrogen and oxygen atoms in total. The highest BCUT2D eigenvalue weighted by molar-refractivity contribution is 6.35. The summed E-state index contributed by atoms with van der Waals surface area (Å²) in [5, 5.41) is 3.44. The third kappa shape index (κ3) is 1.66. The fourth-order valence-corrected chi connectivity index (χ4v) is 5.99. The van der Waals surface area contributed by atoms with Crippen LogP contribution < -0.4 is 0 Å². The van der Waals surface area contributed by atoms with E-state index in [2.05, 4.69) is 91.2 Å². The lowest BCUT2D eigenvalue weighted by Gasteiger charge is -2.23. The first kappa shape index (κ1) is 15.8. The molecule has 0 saturated heterocycles. The molecule has 5 aromatic rings. The zero-order valence-electron chi connectivity index (χ0n) is 16.3. The average molecular weight is 392 g/mol. The van der Waals surface area contributed by atoms with Gasteiger partial charge in [-0.15, -0.1) is 0 Å². The molecule has 2 heterocycles. The van der Waals surface area contributed by atoms with Crippen LogP contribution in [0.5, 0.6) is 0 Å². The van der Waals surface area contributed by atoms with Gasteiger partial charge in [0.1, 0.15) is 0 Å². The van der Waals surface area contributed by atoms with Crippen molar-refractivity contribution in [2.24, 2.45) is 0 Å². The first-order chi connectivity index (χ1) is 14.1. The molecular formula is C27H18ClN. The fourth-order valence-electron chi connectivity index (χ4n) is 5.73. The zero-order chi connectivity index (χ0) is 19.5. The molecule has 4 aromatic carbocycles. The van der Waals surface area contributed by atoms with Crippen LogP contribution in [-0.4, -0.2) is 4.57 Å². The van der Waals surface area contributed by atoms with Gasteiger partial charge < -0.3 is 4.57 Å². The van der Waals surface area contributed by atoms with Crippen LogP contribution in [0, 0.1) is 0 Å². The summed E-state index contributed by atoms with van der Waals surface area (Å²) in [7, 11) is 0. The Bertz CT molecular complexity index is 1530. The van der Waals surface area contributed by atoms with Gasteiger partial charge in [0.05, 0.1) is 16.7 Å². The predicted octanol–water partition coefficient (Wildman–Crippen LogP) is 7.72. The third-order valence-electron chi connectivity index (χ3n) is 7.00. The summed E-state index contributed by atoms with van der Waals surface area (Å²) < 4.78 is 2.46. The normalized spacial score (nSPS) is 15.0. The number of nitrogens with zero attached hydrogens (tertiary/aromatic N) is 1. The summed E-state index contributed by atoms with van der Waals surface area (Å²) in [6, 6.07) is 26.4. The van der Waals surface area contributed by atoms with E-state index in [-0.39, 0.29) is 5.41 Å². The Balaban J connectivity index is 1.89. The zero-order valence-corrected chi connectivity index (χ0v) is 17.0. The van der Waals surface area contributed by atoms with Gasteiger partial charge in [-0.1, -0.05) is 80.0 Å². The van der Waals surface area contributed by atoms with Crippen molar-refractivity contribution in [1.82, 2.24) is 4.57 Å². The quantitative estimate of drug-likeness (QED) is 0.249. The highest BCUT2D eigenvalue weighted by atomic mass is 35.5. The molecule has 0 bridgehead atoms. The minimum absolute atomic E-state index is 0.0498. The standard InChI is InChI=1S/C27H18ClN/c1-27(2)18-13-14-20(28)23-17-8-4-6-10-22(17)29-21-9-5-3-7-15(21)16-11-12-19(27)25(24(18)23)26(16)29/h3-14H,1-2H3. The van der Waals surface area contributed by atoms with Crippen LogP contribution in [0.2, 0.25) is 5.02 Å². The number of rotatable bonds is 0. The van der Waals surface area contributed by atoms with Crippen LogP contribution in [0.25, 0.3) is 49.7 Å². The van der Waals surface area contributed by atoms with Gasteiger partial charge in [-0.05, 0) is 34.9 Å². The van der Waals surface area contributed by atoms with Crippen LogP contribution in [0.3, 0.4) is 0 Å². The lowest BCUT2D eigenvalue weighted by Crippen LogP contribution is -2.15. The molecule has 2 aliphatic rings. The van der Waals surface area contributed by atoms with Crippen molar-refractivity contribution in [2.45, 2.75) is 19.3 Å². The van der Waals surface area contributed by atoms with E-state index in [0.717, 1.165) is 5.02 Å². The lowest BCUT2D eigenvalue weighted by atomic mass is 9.81. The second-order valence-corrected chi connectivity index (χ2v) is 9.13.